The molecule has 0 amide bonds. The van der Waals surface area contributed by atoms with Crippen LogP contribution in [0, 0.1) is 0 Å². The van der Waals surface area contributed by atoms with Gasteiger partial charge in [-0.2, -0.15) is 0 Å². The van der Waals surface area contributed by atoms with Crippen LogP contribution in [0.4, 0.5) is 0 Å². The van der Waals surface area contributed by atoms with Gasteiger partial charge in [0.2, 0.25) is 0 Å². The van der Waals surface area contributed by atoms with Crippen molar-refractivity contribution in [2.75, 3.05) is 0 Å². The van der Waals surface area contributed by atoms with Crippen molar-refractivity contribution in [2.45, 2.75) is 155 Å². The van der Waals surface area contributed by atoms with Crippen LogP contribution in [-0.4, -0.2) is 15.5 Å². The molecule has 0 bridgehead atoms. The maximum absolute atomic E-state index is 2.55. The van der Waals surface area contributed by atoms with Gasteiger partial charge in [-0.1, -0.05) is 147 Å². The average molecular weight is 493 g/mol. The molecule has 5 heteroatoms. The first-order valence-electron chi connectivity index (χ1n) is 11.4. The van der Waals surface area contributed by atoms with E-state index in [1.54, 1.807) is 15.0 Å². The first-order valence-corrected chi connectivity index (χ1v) is 21.6. The second kappa shape index (κ2) is 8.67. The third kappa shape index (κ3) is 5.52. The first kappa shape index (κ1) is 30.5. The summed E-state index contributed by atoms with van der Waals surface area (Å²) >= 11 is 0. The Balaban J connectivity index is 6.86. The topological polar surface area (TPSA) is 0 Å². The molecule has 0 aliphatic carbocycles. The lowest BCUT2D eigenvalue weighted by molar-refractivity contribution is 0.558. The number of hydrogen-bond donors (Lipinski definition) is 0. The van der Waals surface area contributed by atoms with Crippen molar-refractivity contribution in [3.8, 4) is 0 Å². The highest BCUT2D eigenvalue weighted by atomic mass is 32.3. The zero-order chi connectivity index (χ0) is 24.1. The van der Waals surface area contributed by atoms with E-state index < -0.39 is 15.5 Å². The first-order chi connectivity index (χ1) is 12.2. The van der Waals surface area contributed by atoms with Crippen molar-refractivity contribution in [1.29, 1.82) is 0 Å². The minimum atomic E-state index is -1.69. The summed E-state index contributed by atoms with van der Waals surface area (Å²) in [6, 6.07) is 0. The van der Waals surface area contributed by atoms with E-state index in [1.165, 1.54) is 0 Å². The van der Waals surface area contributed by atoms with Gasteiger partial charge in [0.05, 0.1) is 0 Å². The quantitative estimate of drug-likeness (QED) is 0.271. The Labute approximate surface area is 192 Å². The molecule has 29 heavy (non-hydrogen) atoms. The SMILES string of the molecule is CC(C)(C)[Si](P=PP[Si](C(C)(C)C)(C(C)(C)C)C(C)(C)C)(C(C)(C)C)C(C)(C)C. The molecule has 0 aliphatic heterocycles. The molecule has 0 heterocycles. The van der Waals surface area contributed by atoms with E-state index >= 15 is 0 Å². The van der Waals surface area contributed by atoms with Gasteiger partial charge in [-0.25, -0.2) is 0 Å². The highest BCUT2D eigenvalue weighted by molar-refractivity contribution is 8.41. The van der Waals surface area contributed by atoms with Crippen molar-refractivity contribution in [1.82, 2.24) is 0 Å². The zero-order valence-electron chi connectivity index (χ0n) is 23.4. The lowest BCUT2D eigenvalue weighted by atomic mass is 10.2. The maximum Gasteiger partial charge on any atom is 0.133 e. The summed E-state index contributed by atoms with van der Waals surface area (Å²) in [7, 11) is 1.25. The molecule has 0 nitrogen and oxygen atoms in total. The van der Waals surface area contributed by atoms with Gasteiger partial charge in [-0.15, -0.1) is 0 Å². The highest BCUT2D eigenvalue weighted by Crippen LogP contribution is 2.76. The van der Waals surface area contributed by atoms with Crippen LogP contribution in [0.3, 0.4) is 0 Å². The maximum atomic E-state index is 2.55. The Morgan fingerprint density at radius 2 is 0.655 bits per heavy atom. The summed E-state index contributed by atoms with van der Waals surface area (Å²) in [6.07, 6.45) is 0. The predicted octanol–water partition coefficient (Wildman–Crippen LogP) is 12.1. The van der Waals surface area contributed by atoms with Crippen molar-refractivity contribution in [3.05, 3.63) is 0 Å². The summed E-state index contributed by atoms with van der Waals surface area (Å²) in [4.78, 5) is 0. The van der Waals surface area contributed by atoms with Crippen molar-refractivity contribution in [3.63, 3.8) is 0 Å². The molecule has 0 fully saturated rings. The molecule has 0 aromatic carbocycles. The highest BCUT2D eigenvalue weighted by Gasteiger charge is 2.61. The Morgan fingerprint density at radius 3 is 0.828 bits per heavy atom. The summed E-state index contributed by atoms with van der Waals surface area (Å²) in [6.45, 7) is 45.9. The van der Waals surface area contributed by atoms with Gasteiger partial charge < -0.3 is 0 Å². The van der Waals surface area contributed by atoms with E-state index in [9.17, 15) is 0 Å². The van der Waals surface area contributed by atoms with Gasteiger partial charge in [-0.3, -0.25) is 0 Å². The Bertz CT molecular complexity index is 508. The molecular formula is C24H55P3Si2. The number of hydrogen-bond acceptors (Lipinski definition) is 0. The van der Waals surface area contributed by atoms with Gasteiger partial charge in [-0.05, 0) is 30.2 Å². The van der Waals surface area contributed by atoms with E-state index in [-0.39, 0.29) is 0 Å². The molecule has 0 spiro atoms. The molecule has 0 radical (unpaired) electrons. The van der Waals surface area contributed by atoms with Crippen LogP contribution < -0.4 is 0 Å². The van der Waals surface area contributed by atoms with Crippen LogP contribution >= 0.6 is 22.8 Å². The van der Waals surface area contributed by atoms with E-state index in [4.69, 9.17) is 0 Å². The third-order valence-corrected chi connectivity index (χ3v) is 49.4. The molecule has 0 aromatic rings. The summed E-state index contributed by atoms with van der Waals surface area (Å²) in [5.41, 5.74) is 0. The lowest BCUT2D eigenvalue weighted by Crippen LogP contribution is -2.54. The van der Waals surface area contributed by atoms with Gasteiger partial charge in [0.1, 0.15) is 15.5 Å². The second-order valence-corrected chi connectivity index (χ2v) is 39.6. The van der Waals surface area contributed by atoms with Crippen molar-refractivity contribution in [2.24, 2.45) is 0 Å². The average Bonchev–Trinajstić information content (AvgIpc) is 2.27. The minimum absolute atomic E-state index is 0.387. The van der Waals surface area contributed by atoms with Crippen LogP contribution in [0.5, 0.6) is 0 Å². The third-order valence-electron chi connectivity index (χ3n) is 7.05. The summed E-state index contributed by atoms with van der Waals surface area (Å²) in [5, 5.41) is 2.37. The molecule has 1 atom stereocenters. The molecule has 0 N–H and O–H groups in total. The van der Waals surface area contributed by atoms with Crippen LogP contribution in [0.1, 0.15) is 125 Å². The van der Waals surface area contributed by atoms with Crippen LogP contribution in [-0.2, 0) is 0 Å². The van der Waals surface area contributed by atoms with Gasteiger partial charge in [0.25, 0.3) is 0 Å². The van der Waals surface area contributed by atoms with Gasteiger partial charge in [0, 0.05) is 0 Å². The Hall–Kier alpha value is 1.46. The van der Waals surface area contributed by atoms with Crippen LogP contribution in [0.15, 0.2) is 0 Å². The molecular weight excluding hydrogens is 437 g/mol. The van der Waals surface area contributed by atoms with E-state index in [1.807, 2.05) is 0 Å². The van der Waals surface area contributed by atoms with Crippen LogP contribution in [0.2, 0.25) is 30.2 Å². The molecule has 0 rings (SSSR count). The molecule has 174 valence electrons. The predicted molar refractivity (Wildman–Crippen MR) is 152 cm³/mol. The Morgan fingerprint density at radius 1 is 0.414 bits per heavy atom. The zero-order valence-corrected chi connectivity index (χ0v) is 28.2. The monoisotopic (exact) mass is 492 g/mol. The van der Waals surface area contributed by atoms with E-state index in [0.29, 0.717) is 30.2 Å². The van der Waals surface area contributed by atoms with E-state index in [0.717, 1.165) is 7.82 Å². The van der Waals surface area contributed by atoms with Crippen LogP contribution in [0.25, 0.3) is 0 Å². The second-order valence-electron chi connectivity index (χ2n) is 15.3. The van der Waals surface area contributed by atoms with Crippen molar-refractivity contribution < 1.29 is 0 Å². The lowest BCUT2D eigenvalue weighted by Gasteiger charge is -2.59. The normalized spacial score (nSPS) is 17.0. The molecule has 0 saturated carbocycles. The van der Waals surface area contributed by atoms with Crippen molar-refractivity contribution >= 4 is 38.3 Å². The molecule has 1 unspecified atom stereocenters. The molecule has 0 saturated heterocycles. The summed E-state index contributed by atoms with van der Waals surface area (Å²) < 4.78 is 0. The van der Waals surface area contributed by atoms with E-state index in [2.05, 4.69) is 125 Å². The summed E-state index contributed by atoms with van der Waals surface area (Å²) in [5.74, 6) is 0. The molecule has 0 aromatic heterocycles. The fraction of sp³-hybridized carbons (Fsp3) is 1.00. The molecule has 0 aliphatic rings. The Kier molecular flexibility index (Phi) is 9.11. The smallest absolute Gasteiger partial charge is 0.0938 e. The number of rotatable bonds is 3. The van der Waals surface area contributed by atoms with Gasteiger partial charge in [0.15, 0.2) is 0 Å². The standard InChI is InChI=1S/C24H55P3Si2/c1-19(2,3)28(20(4,5)6,21(7,8)9)26-25-27-29(22(10,11)12,23(13,14)15)24(16,17)18/h26H,1-18H3. The fourth-order valence-corrected chi connectivity index (χ4v) is 64.2. The van der Waals surface area contributed by atoms with Gasteiger partial charge >= 0.3 is 0 Å². The largest absolute Gasteiger partial charge is 0.133 e. The fourth-order valence-electron chi connectivity index (χ4n) is 7.88. The minimum Gasteiger partial charge on any atom is -0.0938 e.